The Hall–Kier alpha value is -0.820. The summed E-state index contributed by atoms with van der Waals surface area (Å²) < 4.78 is 44.9. The summed E-state index contributed by atoms with van der Waals surface area (Å²) in [4.78, 5) is 12.7. The van der Waals surface area contributed by atoms with Gasteiger partial charge in [-0.2, -0.15) is 13.2 Å². The third-order valence-corrected chi connectivity index (χ3v) is 2.12. The molecule has 0 amide bonds. The second kappa shape index (κ2) is 6.05. The highest BCUT2D eigenvalue weighted by Gasteiger charge is 2.32. The van der Waals surface area contributed by atoms with E-state index in [1.165, 1.54) is 0 Å². The first-order valence-corrected chi connectivity index (χ1v) is 5.00. The first-order valence-electron chi connectivity index (χ1n) is 5.00. The third kappa shape index (κ3) is 5.92. The molecule has 0 atom stereocenters. The zero-order chi connectivity index (χ0) is 12.0. The molecule has 0 saturated carbocycles. The number of halogens is 3. The van der Waals surface area contributed by atoms with Crippen LogP contribution in [0, 0.1) is 0 Å². The van der Waals surface area contributed by atoms with Crippen molar-refractivity contribution in [3.8, 4) is 0 Å². The maximum Gasteiger partial charge on any atom is 0.399 e. The average Bonchev–Trinajstić information content (AvgIpc) is 2.16. The highest BCUT2D eigenvalue weighted by atomic mass is 19.4. The number of hydrogen-bond donors (Lipinski definition) is 0. The second-order valence-corrected chi connectivity index (χ2v) is 3.47. The summed E-state index contributed by atoms with van der Waals surface area (Å²) >= 11 is 0. The molecule has 0 N–H and O–H groups in total. The lowest BCUT2D eigenvalue weighted by atomic mass is 10.4. The minimum absolute atomic E-state index is 0.00505. The molecule has 7 heteroatoms. The van der Waals surface area contributed by atoms with E-state index in [2.05, 4.69) is 4.74 Å². The van der Waals surface area contributed by atoms with E-state index in [0.717, 1.165) is 13.1 Å². The van der Waals surface area contributed by atoms with Crippen molar-refractivity contribution in [1.29, 1.82) is 0 Å². The monoisotopic (exact) mass is 241 g/mol. The Morgan fingerprint density at radius 3 is 2.50 bits per heavy atom. The molecular formula is C9H14F3NO3. The Bertz CT molecular complexity index is 227. The quantitative estimate of drug-likeness (QED) is 0.683. The number of hydrogen-bond acceptors (Lipinski definition) is 4. The van der Waals surface area contributed by atoms with Crippen molar-refractivity contribution >= 4 is 5.97 Å². The molecule has 1 fully saturated rings. The molecule has 1 rings (SSSR count). The second-order valence-electron chi connectivity index (χ2n) is 3.47. The highest BCUT2D eigenvalue weighted by Crippen LogP contribution is 2.19. The van der Waals surface area contributed by atoms with Crippen LogP contribution in [0.15, 0.2) is 0 Å². The van der Waals surface area contributed by atoms with E-state index in [0.29, 0.717) is 19.8 Å². The molecule has 4 nitrogen and oxygen atoms in total. The maximum absolute atomic E-state index is 11.8. The molecule has 0 aliphatic carbocycles. The zero-order valence-corrected chi connectivity index (χ0v) is 8.76. The van der Waals surface area contributed by atoms with E-state index in [4.69, 9.17) is 4.74 Å². The Kier molecular flexibility index (Phi) is 5.01. The van der Waals surface area contributed by atoms with Crippen molar-refractivity contribution in [3.63, 3.8) is 0 Å². The van der Waals surface area contributed by atoms with Gasteiger partial charge in [0.2, 0.25) is 0 Å². The van der Waals surface area contributed by atoms with Gasteiger partial charge in [-0.1, -0.05) is 0 Å². The minimum atomic E-state index is -4.49. The lowest BCUT2D eigenvalue weighted by molar-refractivity contribution is -0.171. The van der Waals surface area contributed by atoms with Gasteiger partial charge < -0.3 is 9.47 Å². The molecule has 0 aromatic heterocycles. The van der Waals surface area contributed by atoms with Gasteiger partial charge in [0.15, 0.2) is 0 Å². The topological polar surface area (TPSA) is 38.8 Å². The van der Waals surface area contributed by atoms with Crippen LogP contribution >= 0.6 is 0 Å². The van der Waals surface area contributed by atoms with Gasteiger partial charge in [0.25, 0.3) is 0 Å². The first kappa shape index (κ1) is 13.2. The molecule has 1 heterocycles. The number of esters is 1. The van der Waals surface area contributed by atoms with Crippen LogP contribution in [0.5, 0.6) is 0 Å². The molecule has 0 aromatic rings. The van der Waals surface area contributed by atoms with Gasteiger partial charge in [0, 0.05) is 19.6 Å². The van der Waals surface area contributed by atoms with Crippen LogP contribution in [0.1, 0.15) is 6.42 Å². The maximum atomic E-state index is 11.8. The smallest absolute Gasteiger partial charge is 0.399 e. The number of nitrogens with zero attached hydrogens (tertiary/aromatic N) is 1. The van der Waals surface area contributed by atoms with Crippen LogP contribution in [0.25, 0.3) is 0 Å². The van der Waals surface area contributed by atoms with Gasteiger partial charge in [0.05, 0.1) is 13.2 Å². The summed E-state index contributed by atoms with van der Waals surface area (Å²) in [6.45, 7) is 3.10. The van der Waals surface area contributed by atoms with Crippen LogP contribution in [-0.4, -0.2) is 56.5 Å². The van der Waals surface area contributed by atoms with E-state index in [9.17, 15) is 18.0 Å². The summed E-state index contributed by atoms with van der Waals surface area (Å²) in [6, 6.07) is 0. The number of carbonyl (C=O) groups is 1. The van der Waals surface area contributed by atoms with E-state index in [-0.39, 0.29) is 6.61 Å². The summed E-state index contributed by atoms with van der Waals surface area (Å²) in [5.41, 5.74) is 0. The van der Waals surface area contributed by atoms with Crippen LogP contribution in [-0.2, 0) is 14.3 Å². The van der Waals surface area contributed by atoms with Crippen LogP contribution < -0.4 is 0 Å². The van der Waals surface area contributed by atoms with Crippen molar-refractivity contribution in [1.82, 2.24) is 4.90 Å². The molecule has 0 unspecified atom stereocenters. The first-order chi connectivity index (χ1) is 7.47. The van der Waals surface area contributed by atoms with Gasteiger partial charge in [-0.05, 0) is 0 Å². The van der Waals surface area contributed by atoms with Crippen LogP contribution in [0.3, 0.4) is 0 Å². The molecule has 16 heavy (non-hydrogen) atoms. The van der Waals surface area contributed by atoms with Gasteiger partial charge in [0.1, 0.15) is 13.0 Å². The fourth-order valence-electron chi connectivity index (χ4n) is 1.33. The van der Waals surface area contributed by atoms with Crippen molar-refractivity contribution in [2.45, 2.75) is 12.6 Å². The van der Waals surface area contributed by atoms with Crippen molar-refractivity contribution in [2.75, 3.05) is 39.5 Å². The standard InChI is InChI=1S/C9H14F3NO3/c10-9(11,12)7-8(14)16-6-3-13-1-4-15-5-2-13/h1-7H2. The third-order valence-electron chi connectivity index (χ3n) is 2.12. The lowest BCUT2D eigenvalue weighted by Crippen LogP contribution is -2.38. The van der Waals surface area contributed by atoms with Gasteiger partial charge in [-0.3, -0.25) is 9.69 Å². The normalized spacial score (nSPS) is 18.4. The number of alkyl halides is 3. The van der Waals surface area contributed by atoms with E-state index >= 15 is 0 Å². The number of morpholine rings is 1. The summed E-state index contributed by atoms with van der Waals surface area (Å²) in [7, 11) is 0. The Morgan fingerprint density at radius 2 is 1.94 bits per heavy atom. The molecule has 1 aliphatic heterocycles. The predicted octanol–water partition coefficient (Wildman–Crippen LogP) is 0.814. The average molecular weight is 241 g/mol. The van der Waals surface area contributed by atoms with Crippen LogP contribution in [0.2, 0.25) is 0 Å². The SMILES string of the molecule is O=C(CC(F)(F)F)OCCN1CCOCC1. The van der Waals surface area contributed by atoms with Gasteiger partial charge in [-0.15, -0.1) is 0 Å². The fourth-order valence-corrected chi connectivity index (χ4v) is 1.33. The molecular weight excluding hydrogens is 227 g/mol. The molecule has 0 radical (unpaired) electrons. The van der Waals surface area contributed by atoms with Crippen LogP contribution in [0.4, 0.5) is 13.2 Å². The minimum Gasteiger partial charge on any atom is -0.464 e. The largest absolute Gasteiger partial charge is 0.464 e. The Labute approximate surface area is 91.3 Å². The number of ether oxygens (including phenoxy) is 2. The summed E-state index contributed by atoms with van der Waals surface area (Å²) in [6.07, 6.45) is -6.01. The lowest BCUT2D eigenvalue weighted by Gasteiger charge is -2.26. The van der Waals surface area contributed by atoms with Gasteiger partial charge >= 0.3 is 12.1 Å². The highest BCUT2D eigenvalue weighted by molar-refractivity contribution is 5.70. The molecule has 0 bridgehead atoms. The number of carbonyl (C=O) groups excluding carboxylic acids is 1. The molecule has 0 aromatic carbocycles. The van der Waals surface area contributed by atoms with Crippen molar-refractivity contribution in [2.24, 2.45) is 0 Å². The molecule has 0 spiro atoms. The van der Waals surface area contributed by atoms with Gasteiger partial charge in [-0.25, -0.2) is 0 Å². The number of rotatable bonds is 4. The summed E-state index contributed by atoms with van der Waals surface area (Å²) in [5, 5.41) is 0. The van der Waals surface area contributed by atoms with Crippen molar-refractivity contribution in [3.05, 3.63) is 0 Å². The van der Waals surface area contributed by atoms with E-state index < -0.39 is 18.6 Å². The zero-order valence-electron chi connectivity index (χ0n) is 8.76. The predicted molar refractivity (Wildman–Crippen MR) is 48.9 cm³/mol. The summed E-state index contributed by atoms with van der Waals surface area (Å²) in [5.74, 6) is -1.22. The Balaban J connectivity index is 2.08. The van der Waals surface area contributed by atoms with Crippen molar-refractivity contribution < 1.29 is 27.4 Å². The Morgan fingerprint density at radius 1 is 1.31 bits per heavy atom. The van der Waals surface area contributed by atoms with E-state index in [1.54, 1.807) is 0 Å². The molecule has 1 aliphatic rings. The molecule has 1 saturated heterocycles. The molecule has 94 valence electrons. The fraction of sp³-hybridized carbons (Fsp3) is 0.889. The van der Waals surface area contributed by atoms with E-state index in [1.807, 2.05) is 4.90 Å².